The van der Waals surface area contributed by atoms with Crippen molar-refractivity contribution >= 4 is 11.9 Å². The molecule has 0 radical (unpaired) electrons. The second-order valence-corrected chi connectivity index (χ2v) is 5.41. The third kappa shape index (κ3) is 4.86. The van der Waals surface area contributed by atoms with Crippen molar-refractivity contribution in [3.05, 3.63) is 35.9 Å². The molecule has 1 aromatic rings. The van der Waals surface area contributed by atoms with Gasteiger partial charge in [-0.15, -0.1) is 0 Å². The lowest BCUT2D eigenvalue weighted by atomic mass is 10.2. The van der Waals surface area contributed by atoms with Crippen LogP contribution in [0.1, 0.15) is 38.1 Å². The maximum Gasteiger partial charge on any atom is 0.338 e. The van der Waals surface area contributed by atoms with E-state index in [4.69, 9.17) is 4.74 Å². The molecule has 0 bridgehead atoms. The average Bonchev–Trinajstić information content (AvgIpc) is 2.44. The van der Waals surface area contributed by atoms with Crippen LogP contribution < -0.4 is 0 Å². The highest BCUT2D eigenvalue weighted by molar-refractivity contribution is 5.89. The number of ether oxygens (including phenoxy) is 1. The minimum Gasteiger partial charge on any atom is -0.459 e. The number of esters is 1. The summed E-state index contributed by atoms with van der Waals surface area (Å²) in [5.74, 6) is -0.982. The molecule has 0 aliphatic heterocycles. The van der Waals surface area contributed by atoms with Crippen LogP contribution in [-0.2, 0) is 9.53 Å². The van der Waals surface area contributed by atoms with Crippen molar-refractivity contribution in [3.8, 4) is 0 Å². The highest BCUT2D eigenvalue weighted by Crippen LogP contribution is 2.09. The van der Waals surface area contributed by atoms with E-state index in [1.807, 2.05) is 27.7 Å². The summed E-state index contributed by atoms with van der Waals surface area (Å²) in [7, 11) is 0. The number of rotatable bonds is 6. The first kappa shape index (κ1) is 17.2. The Bertz CT molecular complexity index is 462. The molecule has 21 heavy (non-hydrogen) atoms. The second kappa shape index (κ2) is 7.78. The molecule has 0 saturated carbocycles. The molecule has 0 spiro atoms. The van der Waals surface area contributed by atoms with E-state index in [0.717, 1.165) is 0 Å². The van der Waals surface area contributed by atoms with Gasteiger partial charge < -0.3 is 14.7 Å². The van der Waals surface area contributed by atoms with E-state index in [1.165, 1.54) is 0 Å². The molecular formula is C16H23NO4. The number of aliphatic hydroxyl groups is 1. The molecule has 1 N–H and O–H groups in total. The number of carbonyl (C=O) groups is 2. The summed E-state index contributed by atoms with van der Waals surface area (Å²) in [4.78, 5) is 25.5. The quantitative estimate of drug-likeness (QED) is 0.813. The predicted octanol–water partition coefficient (Wildman–Crippen LogP) is 1.85. The molecule has 0 fully saturated rings. The van der Waals surface area contributed by atoms with Crippen molar-refractivity contribution in [1.29, 1.82) is 0 Å². The number of amides is 1. The monoisotopic (exact) mass is 293 g/mol. The predicted molar refractivity (Wildman–Crippen MR) is 79.8 cm³/mol. The van der Waals surface area contributed by atoms with Gasteiger partial charge in [0, 0.05) is 12.1 Å². The van der Waals surface area contributed by atoms with Crippen molar-refractivity contribution in [2.75, 3.05) is 6.61 Å². The summed E-state index contributed by atoms with van der Waals surface area (Å²) in [6.07, 6.45) is -1.34. The Morgan fingerprint density at radius 3 is 2.10 bits per heavy atom. The summed E-state index contributed by atoms with van der Waals surface area (Å²) in [6, 6.07) is 8.40. The minimum atomic E-state index is -1.34. The average molecular weight is 293 g/mol. The van der Waals surface area contributed by atoms with Gasteiger partial charge in [0.05, 0.1) is 5.56 Å². The van der Waals surface area contributed by atoms with E-state index in [0.29, 0.717) is 5.56 Å². The molecule has 1 aromatic carbocycles. The first-order valence-corrected chi connectivity index (χ1v) is 7.07. The molecule has 0 saturated heterocycles. The van der Waals surface area contributed by atoms with E-state index >= 15 is 0 Å². The lowest BCUT2D eigenvalue weighted by Gasteiger charge is -2.32. The Labute approximate surface area is 125 Å². The topological polar surface area (TPSA) is 66.8 Å². The van der Waals surface area contributed by atoms with Crippen LogP contribution in [0.15, 0.2) is 30.3 Å². The zero-order valence-electron chi connectivity index (χ0n) is 12.9. The van der Waals surface area contributed by atoms with Crippen LogP contribution in [-0.4, -0.2) is 46.7 Å². The van der Waals surface area contributed by atoms with E-state index in [2.05, 4.69) is 0 Å². The third-order valence-corrected chi connectivity index (χ3v) is 3.03. The normalized spacial score (nSPS) is 12.3. The second-order valence-electron chi connectivity index (χ2n) is 5.41. The van der Waals surface area contributed by atoms with Crippen LogP contribution in [0.25, 0.3) is 0 Å². The Kier molecular flexibility index (Phi) is 6.37. The zero-order valence-corrected chi connectivity index (χ0v) is 12.9. The lowest BCUT2D eigenvalue weighted by Crippen LogP contribution is -2.48. The summed E-state index contributed by atoms with van der Waals surface area (Å²) >= 11 is 0. The van der Waals surface area contributed by atoms with Crippen LogP contribution in [0, 0.1) is 0 Å². The fourth-order valence-electron chi connectivity index (χ4n) is 2.16. The molecule has 0 aromatic heterocycles. The minimum absolute atomic E-state index is 0.0306. The molecule has 0 heterocycles. The van der Waals surface area contributed by atoms with Crippen LogP contribution in [0.4, 0.5) is 0 Å². The highest BCUT2D eigenvalue weighted by Gasteiger charge is 2.27. The Morgan fingerprint density at radius 2 is 1.62 bits per heavy atom. The first-order chi connectivity index (χ1) is 9.84. The van der Waals surface area contributed by atoms with Gasteiger partial charge in [-0.3, -0.25) is 4.79 Å². The lowest BCUT2D eigenvalue weighted by molar-refractivity contribution is -0.146. The highest BCUT2D eigenvalue weighted by atomic mass is 16.5. The maximum atomic E-state index is 12.2. The SMILES string of the molecule is CC(C)N(C(=O)C(O)COC(=O)c1ccccc1)C(C)C. The first-order valence-electron chi connectivity index (χ1n) is 7.07. The van der Waals surface area contributed by atoms with Gasteiger partial charge in [-0.25, -0.2) is 4.79 Å². The number of aliphatic hydroxyl groups excluding tert-OH is 1. The Morgan fingerprint density at radius 1 is 1.10 bits per heavy atom. The van der Waals surface area contributed by atoms with Crippen LogP contribution in [0.3, 0.4) is 0 Å². The van der Waals surface area contributed by atoms with Crippen molar-refractivity contribution in [3.63, 3.8) is 0 Å². The molecule has 0 aliphatic carbocycles. The fourth-order valence-corrected chi connectivity index (χ4v) is 2.16. The molecular weight excluding hydrogens is 270 g/mol. The van der Waals surface area contributed by atoms with Gasteiger partial charge in [0.25, 0.3) is 5.91 Å². The molecule has 5 nitrogen and oxygen atoms in total. The van der Waals surface area contributed by atoms with E-state index in [9.17, 15) is 14.7 Å². The van der Waals surface area contributed by atoms with Crippen molar-refractivity contribution < 1.29 is 19.4 Å². The Hall–Kier alpha value is -1.88. The number of nitrogens with zero attached hydrogens (tertiary/aromatic N) is 1. The van der Waals surface area contributed by atoms with E-state index < -0.39 is 18.0 Å². The van der Waals surface area contributed by atoms with Crippen molar-refractivity contribution in [1.82, 2.24) is 4.90 Å². The molecule has 5 heteroatoms. The van der Waals surface area contributed by atoms with Gasteiger partial charge in [-0.1, -0.05) is 18.2 Å². The molecule has 1 rings (SSSR count). The van der Waals surface area contributed by atoms with Crippen LogP contribution in [0.2, 0.25) is 0 Å². The smallest absolute Gasteiger partial charge is 0.338 e. The maximum absolute atomic E-state index is 12.2. The summed E-state index contributed by atoms with van der Waals surface area (Å²) in [6.45, 7) is 7.16. The number of hydrogen-bond acceptors (Lipinski definition) is 4. The molecule has 0 aliphatic rings. The van der Waals surface area contributed by atoms with Crippen LogP contribution in [0.5, 0.6) is 0 Å². The van der Waals surface area contributed by atoms with Gasteiger partial charge in [0.1, 0.15) is 6.61 Å². The van der Waals surface area contributed by atoms with Crippen molar-refractivity contribution in [2.45, 2.75) is 45.9 Å². The zero-order chi connectivity index (χ0) is 16.0. The standard InChI is InChI=1S/C16H23NO4/c1-11(2)17(12(3)4)15(19)14(18)10-21-16(20)13-8-6-5-7-9-13/h5-9,11-12,14,18H,10H2,1-4H3. The summed E-state index contributed by atoms with van der Waals surface area (Å²) < 4.78 is 4.98. The van der Waals surface area contributed by atoms with Gasteiger partial charge in [0.2, 0.25) is 0 Å². The third-order valence-electron chi connectivity index (χ3n) is 3.03. The van der Waals surface area contributed by atoms with Gasteiger partial charge >= 0.3 is 5.97 Å². The summed E-state index contributed by atoms with van der Waals surface area (Å²) in [5, 5.41) is 9.91. The molecule has 1 amide bonds. The van der Waals surface area contributed by atoms with Gasteiger partial charge in [-0.05, 0) is 39.8 Å². The van der Waals surface area contributed by atoms with Crippen LogP contribution >= 0.6 is 0 Å². The summed E-state index contributed by atoms with van der Waals surface area (Å²) in [5.41, 5.74) is 0.390. The molecule has 1 unspecified atom stereocenters. The number of hydrogen-bond donors (Lipinski definition) is 1. The fraction of sp³-hybridized carbons (Fsp3) is 0.500. The van der Waals surface area contributed by atoms with Crippen molar-refractivity contribution in [2.24, 2.45) is 0 Å². The van der Waals surface area contributed by atoms with Gasteiger partial charge in [0.15, 0.2) is 6.10 Å². The van der Waals surface area contributed by atoms with Gasteiger partial charge in [-0.2, -0.15) is 0 Å². The largest absolute Gasteiger partial charge is 0.459 e. The Balaban J connectivity index is 2.59. The van der Waals surface area contributed by atoms with E-state index in [1.54, 1.807) is 35.2 Å². The molecule has 1 atom stereocenters. The van der Waals surface area contributed by atoms with E-state index in [-0.39, 0.29) is 18.7 Å². The number of carbonyl (C=O) groups excluding carboxylic acids is 2. The molecule has 116 valence electrons. The number of benzene rings is 1.